The summed E-state index contributed by atoms with van der Waals surface area (Å²) in [5.74, 6) is 0.952. The van der Waals surface area contributed by atoms with Crippen LogP contribution < -0.4 is 26.2 Å². The van der Waals surface area contributed by atoms with Gasteiger partial charge < -0.3 is 14.4 Å². The lowest BCUT2D eigenvalue weighted by Gasteiger charge is -2.53. The predicted octanol–water partition coefficient (Wildman–Crippen LogP) is 21.0. The summed E-state index contributed by atoms with van der Waals surface area (Å²) in [6, 6.07) is 52.5. The molecule has 3 nitrogen and oxygen atoms in total. The fraction of sp³-hybridized carbons (Fsp3) is 0.286. The number of rotatable bonds is 8. The van der Waals surface area contributed by atoms with Crippen LogP contribution in [-0.4, -0.2) is 17.3 Å². The summed E-state index contributed by atoms with van der Waals surface area (Å²) in [6.45, 7) is 20.9. The molecular formula is C84H84BN3. The van der Waals surface area contributed by atoms with Crippen LogP contribution >= 0.6 is 0 Å². The largest absolute Gasteiger partial charge is 0.334 e. The van der Waals surface area contributed by atoms with Gasteiger partial charge in [0.1, 0.15) is 0 Å². The van der Waals surface area contributed by atoms with Crippen LogP contribution in [0.2, 0.25) is 0 Å². The number of hydrogen-bond donors (Lipinski definition) is 0. The van der Waals surface area contributed by atoms with Crippen molar-refractivity contribution in [3.8, 4) is 39.1 Å². The van der Waals surface area contributed by atoms with E-state index in [9.17, 15) is 8.22 Å². The molecule has 3 heterocycles. The van der Waals surface area contributed by atoms with Gasteiger partial charge in [0.2, 0.25) is 0 Å². The van der Waals surface area contributed by atoms with Crippen LogP contribution in [0.4, 0.5) is 28.4 Å². The third-order valence-corrected chi connectivity index (χ3v) is 20.3. The van der Waals surface area contributed by atoms with Gasteiger partial charge >= 0.3 is 0 Å². The van der Waals surface area contributed by atoms with E-state index in [1.54, 1.807) is 15.7 Å². The maximum Gasteiger partial charge on any atom is 0.252 e. The van der Waals surface area contributed by atoms with Crippen molar-refractivity contribution in [2.24, 2.45) is 23.2 Å². The highest BCUT2D eigenvalue weighted by Gasteiger charge is 2.50. The summed E-state index contributed by atoms with van der Waals surface area (Å²) in [6.07, 6.45) is 19.0. The van der Waals surface area contributed by atoms with Crippen LogP contribution in [0.15, 0.2) is 235 Å². The van der Waals surface area contributed by atoms with E-state index in [0.717, 1.165) is 94.4 Å². The van der Waals surface area contributed by atoms with E-state index in [1.807, 2.05) is 6.07 Å². The fourth-order valence-electron chi connectivity index (χ4n) is 15.6. The molecule has 2 aliphatic heterocycles. The average molecular weight is 1150 g/mol. The van der Waals surface area contributed by atoms with Gasteiger partial charge in [-0.2, -0.15) is 0 Å². The van der Waals surface area contributed by atoms with Crippen molar-refractivity contribution in [2.45, 2.75) is 131 Å². The molecule has 10 aromatic rings. The number of hydrogen-bond acceptors (Lipinski definition) is 2. The number of fused-ring (bicyclic) bond motifs is 7. The van der Waals surface area contributed by atoms with Crippen molar-refractivity contribution in [3.63, 3.8) is 0 Å². The van der Waals surface area contributed by atoms with Crippen molar-refractivity contribution in [1.29, 1.82) is 0 Å². The van der Waals surface area contributed by atoms with Gasteiger partial charge in [0, 0.05) is 56.3 Å². The minimum Gasteiger partial charge on any atom is -0.334 e. The van der Waals surface area contributed by atoms with E-state index in [-0.39, 0.29) is 80.9 Å². The Morgan fingerprint density at radius 3 is 1.74 bits per heavy atom. The van der Waals surface area contributed by atoms with Gasteiger partial charge in [0.25, 0.3) is 6.71 Å². The Labute approximate surface area is 535 Å². The Morgan fingerprint density at radius 1 is 0.534 bits per heavy atom. The van der Waals surface area contributed by atoms with E-state index >= 15 is 0 Å². The van der Waals surface area contributed by atoms with Crippen LogP contribution in [0, 0.1) is 23.2 Å². The van der Waals surface area contributed by atoms with Crippen molar-refractivity contribution >= 4 is 73.3 Å². The summed E-state index contributed by atoms with van der Waals surface area (Å²) in [7, 11) is 0. The molecule has 0 saturated carbocycles. The molecule has 5 aliphatic rings. The molecule has 15 rings (SSSR count). The zero-order valence-corrected chi connectivity index (χ0v) is 52.6. The molecule has 4 heteroatoms. The first-order chi connectivity index (χ1) is 45.9. The Hall–Kier alpha value is -8.34. The number of benzene rings is 9. The van der Waals surface area contributed by atoms with Crippen LogP contribution in [0.1, 0.15) is 136 Å². The molecule has 0 N–H and O–H groups in total. The normalized spacial score (nSPS) is 20.6. The molecule has 3 aliphatic carbocycles. The topological polar surface area (TPSA) is 11.4 Å². The standard InChI is InChI=1S/C84H84BN3/c1-82(2,3)61-48-67(56-31-17-11-18-32-56)80(68(49-61)57-33-19-12-20-34-57)87-75-46-43-60(55-29-15-10-16-30-55)47-72(75)85-71-45-44-64(86-73-41-27-25-39-65(73)66-40-26-28-42-74(66)86)54-76(71)88(78-53-63(84(7,8)9)52-77(87)79(78)85)81-69(58-35-21-13-22-36-58)50-62(83(4,5)6)51-70(81)59-37-23-14-24-38-59/h10-11,13-17,21-30,33,35-48,50-54,56,61,68,80H,12,18-20,31-32,34,49H2,1-9H3/i25D,26D,27D,28D,39D,40D,41D,42D. The molecular weight excluding hydrogens is 1060 g/mol. The molecule has 0 bridgehead atoms. The molecule has 1 aromatic heterocycles. The molecule has 438 valence electrons. The van der Waals surface area contributed by atoms with Gasteiger partial charge in [0.15, 0.2) is 0 Å². The molecule has 4 unspecified atom stereocenters. The first-order valence-electron chi connectivity index (χ1n) is 36.4. The summed E-state index contributed by atoms with van der Waals surface area (Å²) < 4.78 is 76.7. The molecule has 0 radical (unpaired) electrons. The third kappa shape index (κ3) is 9.63. The van der Waals surface area contributed by atoms with Crippen LogP contribution in [0.5, 0.6) is 0 Å². The number of anilines is 5. The Morgan fingerprint density at radius 2 is 1.15 bits per heavy atom. The Balaban J connectivity index is 1.14. The number of aromatic nitrogens is 1. The lowest BCUT2D eigenvalue weighted by atomic mass is 9.33. The minimum atomic E-state index is -0.472. The lowest BCUT2D eigenvalue weighted by molar-refractivity contribution is 0.220. The van der Waals surface area contributed by atoms with E-state index < -0.39 is 24.2 Å². The quantitative estimate of drug-likeness (QED) is 0.111. The second-order valence-electron chi connectivity index (χ2n) is 28.8. The Kier molecular flexibility index (Phi) is 11.8. The first kappa shape index (κ1) is 47.7. The lowest BCUT2D eigenvalue weighted by Crippen LogP contribution is -2.64. The number of allylic oxidation sites excluding steroid dienone is 4. The van der Waals surface area contributed by atoms with Crippen LogP contribution in [-0.2, 0) is 10.8 Å². The van der Waals surface area contributed by atoms with Crippen molar-refractivity contribution in [3.05, 3.63) is 247 Å². The maximum atomic E-state index is 9.77. The third-order valence-electron chi connectivity index (χ3n) is 20.3. The van der Waals surface area contributed by atoms with Crippen LogP contribution in [0.3, 0.4) is 0 Å². The summed E-state index contributed by atoms with van der Waals surface area (Å²) in [5.41, 5.74) is 20.6. The second kappa shape index (κ2) is 21.8. The molecule has 88 heavy (non-hydrogen) atoms. The van der Waals surface area contributed by atoms with Gasteiger partial charge in [-0.15, -0.1) is 0 Å². The zero-order valence-electron chi connectivity index (χ0n) is 60.6. The minimum absolute atomic E-state index is 0.0105. The van der Waals surface area contributed by atoms with E-state index in [0.29, 0.717) is 17.5 Å². The highest BCUT2D eigenvalue weighted by Crippen LogP contribution is 2.56. The second-order valence-corrected chi connectivity index (χ2v) is 28.8. The predicted molar refractivity (Wildman–Crippen MR) is 378 cm³/mol. The summed E-state index contributed by atoms with van der Waals surface area (Å²) >= 11 is 0. The van der Waals surface area contributed by atoms with E-state index in [2.05, 4.69) is 242 Å². The molecule has 0 fully saturated rings. The average Bonchev–Trinajstić information content (AvgIpc) is 1.12. The molecule has 0 spiro atoms. The van der Waals surface area contributed by atoms with Crippen molar-refractivity contribution in [1.82, 2.24) is 4.57 Å². The fourth-order valence-corrected chi connectivity index (χ4v) is 15.6. The monoisotopic (exact) mass is 1150 g/mol. The van der Waals surface area contributed by atoms with Gasteiger partial charge in [-0.1, -0.05) is 238 Å². The smallest absolute Gasteiger partial charge is 0.252 e. The number of para-hydroxylation sites is 2. The van der Waals surface area contributed by atoms with E-state index in [4.69, 9.17) is 2.74 Å². The summed E-state index contributed by atoms with van der Waals surface area (Å²) in [5, 5.41) is 0.0910. The Bertz CT molecular complexity index is 4770. The van der Waals surface area contributed by atoms with E-state index in [1.165, 1.54) is 46.3 Å². The van der Waals surface area contributed by atoms with Gasteiger partial charge in [0.05, 0.1) is 33.7 Å². The van der Waals surface area contributed by atoms with Gasteiger partial charge in [-0.3, -0.25) is 0 Å². The maximum absolute atomic E-state index is 9.77. The first-order valence-corrected chi connectivity index (χ1v) is 32.4. The van der Waals surface area contributed by atoms with Crippen molar-refractivity contribution < 1.29 is 11.0 Å². The van der Waals surface area contributed by atoms with Crippen molar-refractivity contribution in [2.75, 3.05) is 9.80 Å². The highest BCUT2D eigenvalue weighted by atomic mass is 15.2. The molecule has 9 aromatic carbocycles. The van der Waals surface area contributed by atoms with Crippen LogP contribution in [0.25, 0.3) is 60.9 Å². The SMILES string of the molecule is [2H]c1c([2H])c([2H])c2c(c1[2H])c1c([2H])c([2H])c([2H])c([2H])c1n2-c1ccc2c(c1)N(c1c(-c3ccccc3)cc(C(C)(C)C)cc1-c1ccccc1)c1cc(C(C)(C)C)cc3c1B2c1cc(-c2ccccc2)ccc1N3C1C(C2CC=CCC2)=CC(C(C)(C)C)CC1C1=CCCCC1. The van der Waals surface area contributed by atoms with Gasteiger partial charge in [-0.05, 0) is 189 Å². The molecule has 4 atom stereocenters. The molecule has 0 amide bonds. The molecule has 0 saturated heterocycles. The summed E-state index contributed by atoms with van der Waals surface area (Å²) in [4.78, 5) is 5.40. The van der Waals surface area contributed by atoms with Gasteiger partial charge in [-0.25, -0.2) is 0 Å². The number of nitrogens with zero attached hydrogens (tertiary/aromatic N) is 3. The highest BCUT2D eigenvalue weighted by molar-refractivity contribution is 7.00. The zero-order chi connectivity index (χ0) is 67.2.